The Balaban J connectivity index is 1.86. The van der Waals surface area contributed by atoms with Crippen molar-refractivity contribution in [3.8, 4) is 0 Å². The molecule has 14 heavy (non-hydrogen) atoms. The standard InChI is InChI=1S/C12H24N2/c1-10(2)14(9-11-3-4-11)12-5-7-13-8-6-12/h10-13H,3-9H2,1-2H3. The average molecular weight is 196 g/mol. The van der Waals surface area contributed by atoms with E-state index in [0.717, 1.165) is 18.0 Å². The minimum Gasteiger partial charge on any atom is -0.317 e. The van der Waals surface area contributed by atoms with E-state index in [2.05, 4.69) is 24.1 Å². The van der Waals surface area contributed by atoms with Crippen LogP contribution in [0.4, 0.5) is 0 Å². The maximum absolute atomic E-state index is 3.45. The van der Waals surface area contributed by atoms with Crippen LogP contribution in [0.25, 0.3) is 0 Å². The summed E-state index contributed by atoms with van der Waals surface area (Å²) in [6, 6.07) is 1.59. The third kappa shape index (κ3) is 2.71. The van der Waals surface area contributed by atoms with Crippen molar-refractivity contribution in [1.82, 2.24) is 10.2 Å². The van der Waals surface area contributed by atoms with E-state index in [4.69, 9.17) is 0 Å². The van der Waals surface area contributed by atoms with Gasteiger partial charge in [0.2, 0.25) is 0 Å². The van der Waals surface area contributed by atoms with Gasteiger partial charge in [0.1, 0.15) is 0 Å². The van der Waals surface area contributed by atoms with Crippen molar-refractivity contribution in [1.29, 1.82) is 0 Å². The zero-order valence-electron chi connectivity index (χ0n) is 9.63. The number of hydrogen-bond donors (Lipinski definition) is 1. The fraction of sp³-hybridized carbons (Fsp3) is 1.00. The van der Waals surface area contributed by atoms with E-state index in [1.165, 1.54) is 45.3 Å². The predicted octanol–water partition coefficient (Wildman–Crippen LogP) is 1.86. The lowest BCUT2D eigenvalue weighted by atomic mass is 10.0. The van der Waals surface area contributed by atoms with Crippen LogP contribution in [0.2, 0.25) is 0 Å². The molecule has 1 saturated carbocycles. The Morgan fingerprint density at radius 3 is 2.29 bits per heavy atom. The van der Waals surface area contributed by atoms with Gasteiger partial charge in [-0.2, -0.15) is 0 Å². The molecule has 2 aliphatic rings. The van der Waals surface area contributed by atoms with E-state index in [1.54, 1.807) is 0 Å². The lowest BCUT2D eigenvalue weighted by Crippen LogP contribution is -2.47. The van der Waals surface area contributed by atoms with Crippen LogP contribution in [-0.2, 0) is 0 Å². The molecule has 0 unspecified atom stereocenters. The molecule has 1 heterocycles. The molecule has 2 fully saturated rings. The number of piperidine rings is 1. The smallest absolute Gasteiger partial charge is 0.0122 e. The summed E-state index contributed by atoms with van der Waals surface area (Å²) in [5.41, 5.74) is 0. The molecular weight excluding hydrogens is 172 g/mol. The van der Waals surface area contributed by atoms with E-state index < -0.39 is 0 Å². The number of rotatable bonds is 4. The van der Waals surface area contributed by atoms with Gasteiger partial charge in [0, 0.05) is 18.6 Å². The first-order valence-corrected chi connectivity index (χ1v) is 6.24. The molecule has 2 rings (SSSR count). The normalized spacial score (nSPS) is 24.9. The molecule has 0 aromatic heterocycles. The highest BCUT2D eigenvalue weighted by Crippen LogP contribution is 2.31. The summed E-state index contributed by atoms with van der Waals surface area (Å²) in [4.78, 5) is 2.75. The summed E-state index contributed by atoms with van der Waals surface area (Å²) >= 11 is 0. The molecule has 1 saturated heterocycles. The van der Waals surface area contributed by atoms with E-state index in [9.17, 15) is 0 Å². The lowest BCUT2D eigenvalue weighted by molar-refractivity contribution is 0.119. The van der Waals surface area contributed by atoms with Crippen molar-refractivity contribution in [2.24, 2.45) is 5.92 Å². The third-order valence-electron chi connectivity index (χ3n) is 3.61. The van der Waals surface area contributed by atoms with Crippen LogP contribution in [-0.4, -0.2) is 36.6 Å². The van der Waals surface area contributed by atoms with Gasteiger partial charge in [0.15, 0.2) is 0 Å². The molecule has 0 amide bonds. The van der Waals surface area contributed by atoms with Gasteiger partial charge < -0.3 is 5.32 Å². The van der Waals surface area contributed by atoms with Crippen LogP contribution < -0.4 is 5.32 Å². The molecule has 0 spiro atoms. The molecule has 2 nitrogen and oxygen atoms in total. The van der Waals surface area contributed by atoms with E-state index in [1.807, 2.05) is 0 Å². The van der Waals surface area contributed by atoms with Gasteiger partial charge in [-0.1, -0.05) is 0 Å². The summed E-state index contributed by atoms with van der Waals surface area (Å²) in [6.07, 6.45) is 5.66. The number of nitrogens with one attached hydrogen (secondary N) is 1. The summed E-state index contributed by atoms with van der Waals surface area (Å²) < 4.78 is 0. The van der Waals surface area contributed by atoms with Crippen molar-refractivity contribution in [2.75, 3.05) is 19.6 Å². The molecule has 82 valence electrons. The molecule has 0 bridgehead atoms. The molecule has 1 aliphatic heterocycles. The van der Waals surface area contributed by atoms with Crippen molar-refractivity contribution in [2.45, 2.75) is 51.6 Å². The Morgan fingerprint density at radius 1 is 1.14 bits per heavy atom. The highest BCUT2D eigenvalue weighted by atomic mass is 15.2. The van der Waals surface area contributed by atoms with Gasteiger partial charge >= 0.3 is 0 Å². The van der Waals surface area contributed by atoms with Gasteiger partial charge in [-0.05, 0) is 58.5 Å². The summed E-state index contributed by atoms with van der Waals surface area (Å²) in [5, 5.41) is 3.45. The third-order valence-corrected chi connectivity index (χ3v) is 3.61. The van der Waals surface area contributed by atoms with Gasteiger partial charge in [-0.3, -0.25) is 4.90 Å². The second kappa shape index (κ2) is 4.63. The zero-order chi connectivity index (χ0) is 9.97. The van der Waals surface area contributed by atoms with Crippen LogP contribution in [0.5, 0.6) is 0 Å². The summed E-state index contributed by atoms with van der Waals surface area (Å²) in [7, 11) is 0. The van der Waals surface area contributed by atoms with Crippen LogP contribution in [0.15, 0.2) is 0 Å². The maximum atomic E-state index is 3.45. The first-order chi connectivity index (χ1) is 6.77. The molecule has 1 aliphatic carbocycles. The fourth-order valence-corrected chi connectivity index (χ4v) is 2.52. The topological polar surface area (TPSA) is 15.3 Å². The number of nitrogens with zero attached hydrogens (tertiary/aromatic N) is 1. The van der Waals surface area contributed by atoms with Crippen molar-refractivity contribution >= 4 is 0 Å². The van der Waals surface area contributed by atoms with Crippen LogP contribution >= 0.6 is 0 Å². The van der Waals surface area contributed by atoms with Crippen molar-refractivity contribution in [3.63, 3.8) is 0 Å². The molecule has 0 aromatic carbocycles. The fourth-order valence-electron chi connectivity index (χ4n) is 2.52. The first kappa shape index (κ1) is 10.4. The average Bonchev–Trinajstić information content (AvgIpc) is 2.99. The molecule has 0 radical (unpaired) electrons. The predicted molar refractivity (Wildman–Crippen MR) is 60.5 cm³/mol. The van der Waals surface area contributed by atoms with Crippen LogP contribution in [0.1, 0.15) is 39.5 Å². The second-order valence-corrected chi connectivity index (χ2v) is 5.22. The first-order valence-electron chi connectivity index (χ1n) is 6.24. The van der Waals surface area contributed by atoms with Gasteiger partial charge in [0.05, 0.1) is 0 Å². The number of hydrogen-bond acceptors (Lipinski definition) is 2. The minimum atomic E-state index is 0.735. The highest BCUT2D eigenvalue weighted by molar-refractivity contribution is 4.85. The maximum Gasteiger partial charge on any atom is 0.0122 e. The molecule has 2 heteroatoms. The van der Waals surface area contributed by atoms with Crippen LogP contribution in [0.3, 0.4) is 0 Å². The summed E-state index contributed by atoms with van der Waals surface area (Å²) in [6.45, 7) is 8.51. The quantitative estimate of drug-likeness (QED) is 0.738. The zero-order valence-corrected chi connectivity index (χ0v) is 9.63. The van der Waals surface area contributed by atoms with Crippen LogP contribution in [0, 0.1) is 5.92 Å². The Hall–Kier alpha value is -0.0800. The largest absolute Gasteiger partial charge is 0.317 e. The van der Waals surface area contributed by atoms with E-state index in [-0.39, 0.29) is 0 Å². The molecule has 1 N–H and O–H groups in total. The van der Waals surface area contributed by atoms with Gasteiger partial charge in [-0.25, -0.2) is 0 Å². The monoisotopic (exact) mass is 196 g/mol. The Labute approximate surface area is 88.1 Å². The van der Waals surface area contributed by atoms with Crippen molar-refractivity contribution < 1.29 is 0 Å². The van der Waals surface area contributed by atoms with E-state index in [0.29, 0.717) is 0 Å². The minimum absolute atomic E-state index is 0.735. The Morgan fingerprint density at radius 2 is 1.79 bits per heavy atom. The second-order valence-electron chi connectivity index (χ2n) is 5.22. The van der Waals surface area contributed by atoms with Gasteiger partial charge in [-0.15, -0.1) is 0 Å². The van der Waals surface area contributed by atoms with Gasteiger partial charge in [0.25, 0.3) is 0 Å². The SMILES string of the molecule is CC(C)N(CC1CC1)C1CCNCC1. The molecule has 0 aromatic rings. The summed E-state index contributed by atoms with van der Waals surface area (Å²) in [5.74, 6) is 1.03. The molecule has 0 atom stereocenters. The van der Waals surface area contributed by atoms with E-state index >= 15 is 0 Å². The molecular formula is C12H24N2. The lowest BCUT2D eigenvalue weighted by Gasteiger charge is -2.37. The van der Waals surface area contributed by atoms with Crippen molar-refractivity contribution in [3.05, 3.63) is 0 Å². The Bertz CT molecular complexity index is 169. The highest BCUT2D eigenvalue weighted by Gasteiger charge is 2.29. The Kier molecular flexibility index (Phi) is 3.45.